The molecule has 118 valence electrons. The summed E-state index contributed by atoms with van der Waals surface area (Å²) >= 11 is 6.80. The van der Waals surface area contributed by atoms with Gasteiger partial charge in [-0.05, 0) is 78.2 Å². The van der Waals surface area contributed by atoms with Gasteiger partial charge in [0.15, 0.2) is 0 Å². The normalized spacial score (nSPS) is 34.3. The Kier molecular flexibility index (Phi) is 2.98. The lowest BCUT2D eigenvalue weighted by Gasteiger charge is -2.50. The van der Waals surface area contributed by atoms with Crippen LogP contribution in [0.2, 0.25) is 5.02 Å². The quantitative estimate of drug-likeness (QED) is 0.522. The van der Waals surface area contributed by atoms with Gasteiger partial charge in [0.2, 0.25) is 0 Å². The summed E-state index contributed by atoms with van der Waals surface area (Å²) in [7, 11) is 0. The molecule has 2 aromatic rings. The molecular formula is C22H23Cl. The maximum Gasteiger partial charge on any atom is 0.0453 e. The molecule has 2 fully saturated rings. The van der Waals surface area contributed by atoms with Gasteiger partial charge in [0.05, 0.1) is 0 Å². The fraction of sp³-hybridized carbons (Fsp3) is 0.455. The third-order valence-corrected chi connectivity index (χ3v) is 7.16. The standard InChI is InChI=1S/C22H23Cl/c1-14-11-15-9-10-22(16(12-14)13-15)19-7-3-2-5-17(19)18-6-4-8-20(23)21(18)22/h2-8,14-16H,9-13H2,1H3. The third-order valence-electron chi connectivity index (χ3n) is 6.84. The highest BCUT2D eigenvalue weighted by molar-refractivity contribution is 6.32. The zero-order valence-corrected chi connectivity index (χ0v) is 14.4. The molecule has 4 unspecified atom stereocenters. The number of halogens is 1. The van der Waals surface area contributed by atoms with Crippen molar-refractivity contribution in [2.75, 3.05) is 0 Å². The van der Waals surface area contributed by atoms with Crippen molar-refractivity contribution < 1.29 is 0 Å². The van der Waals surface area contributed by atoms with Gasteiger partial charge in [0, 0.05) is 10.4 Å². The molecule has 0 saturated heterocycles. The van der Waals surface area contributed by atoms with E-state index in [9.17, 15) is 0 Å². The predicted octanol–water partition coefficient (Wildman–Crippen LogP) is 6.45. The molecule has 23 heavy (non-hydrogen) atoms. The highest BCUT2D eigenvalue weighted by Crippen LogP contribution is 2.63. The van der Waals surface area contributed by atoms with Gasteiger partial charge in [0.25, 0.3) is 0 Å². The van der Waals surface area contributed by atoms with Gasteiger partial charge in [-0.3, -0.25) is 0 Å². The first-order chi connectivity index (χ1) is 11.2. The third kappa shape index (κ3) is 1.79. The van der Waals surface area contributed by atoms with Crippen LogP contribution in [0, 0.1) is 17.8 Å². The van der Waals surface area contributed by atoms with Crippen LogP contribution in [0.5, 0.6) is 0 Å². The van der Waals surface area contributed by atoms with E-state index in [1.54, 1.807) is 5.56 Å². The summed E-state index contributed by atoms with van der Waals surface area (Å²) in [6.45, 7) is 2.45. The van der Waals surface area contributed by atoms with Crippen molar-refractivity contribution in [2.24, 2.45) is 17.8 Å². The van der Waals surface area contributed by atoms with Crippen LogP contribution in [0.3, 0.4) is 0 Å². The highest BCUT2D eigenvalue weighted by Gasteiger charge is 2.53. The zero-order valence-electron chi connectivity index (χ0n) is 13.7. The van der Waals surface area contributed by atoms with Crippen molar-refractivity contribution in [1.29, 1.82) is 0 Å². The molecule has 1 spiro atoms. The Morgan fingerprint density at radius 1 is 0.957 bits per heavy atom. The van der Waals surface area contributed by atoms with Crippen LogP contribution in [0.4, 0.5) is 0 Å². The molecule has 0 radical (unpaired) electrons. The Bertz CT molecular complexity index is 775. The average Bonchev–Trinajstić information content (AvgIpc) is 2.84. The van der Waals surface area contributed by atoms with Gasteiger partial charge in [-0.25, -0.2) is 0 Å². The smallest absolute Gasteiger partial charge is 0.0453 e. The molecule has 5 rings (SSSR count). The van der Waals surface area contributed by atoms with E-state index in [1.807, 2.05) is 0 Å². The molecule has 0 heterocycles. The van der Waals surface area contributed by atoms with Crippen LogP contribution < -0.4 is 0 Å². The van der Waals surface area contributed by atoms with Gasteiger partial charge in [0.1, 0.15) is 0 Å². The fourth-order valence-electron chi connectivity index (χ4n) is 6.15. The summed E-state index contributed by atoms with van der Waals surface area (Å²) in [5.41, 5.74) is 6.00. The lowest BCUT2D eigenvalue weighted by Crippen LogP contribution is -2.44. The van der Waals surface area contributed by atoms with Crippen LogP contribution in [0.1, 0.15) is 50.2 Å². The molecule has 2 bridgehead atoms. The van der Waals surface area contributed by atoms with Gasteiger partial charge in [-0.15, -0.1) is 0 Å². The van der Waals surface area contributed by atoms with Crippen molar-refractivity contribution in [2.45, 2.75) is 44.4 Å². The number of rotatable bonds is 0. The molecule has 0 nitrogen and oxygen atoms in total. The molecule has 3 aliphatic rings. The summed E-state index contributed by atoms with van der Waals surface area (Å²) in [5.74, 6) is 2.55. The van der Waals surface area contributed by atoms with E-state index in [2.05, 4.69) is 49.4 Å². The van der Waals surface area contributed by atoms with E-state index in [1.165, 1.54) is 48.8 Å². The van der Waals surface area contributed by atoms with Crippen molar-refractivity contribution in [3.63, 3.8) is 0 Å². The second-order valence-corrected chi connectivity index (χ2v) is 8.50. The average molecular weight is 323 g/mol. The Morgan fingerprint density at radius 2 is 1.78 bits per heavy atom. The van der Waals surface area contributed by atoms with E-state index < -0.39 is 0 Å². The van der Waals surface area contributed by atoms with Gasteiger partial charge in [-0.1, -0.05) is 54.9 Å². The molecule has 0 N–H and O–H groups in total. The lowest BCUT2D eigenvalue weighted by atomic mass is 9.53. The molecule has 1 heteroatoms. The Morgan fingerprint density at radius 3 is 2.70 bits per heavy atom. The SMILES string of the molecule is CC1CC2CCC3(c4ccccc4-c4cccc(Cl)c43)C(C1)C2. The minimum Gasteiger partial charge on any atom is -0.0840 e. The van der Waals surface area contributed by atoms with Crippen molar-refractivity contribution in [3.8, 4) is 11.1 Å². The van der Waals surface area contributed by atoms with Crippen LogP contribution in [0.25, 0.3) is 11.1 Å². The lowest BCUT2D eigenvalue weighted by molar-refractivity contribution is 0.0856. The van der Waals surface area contributed by atoms with Gasteiger partial charge in [-0.2, -0.15) is 0 Å². The minimum atomic E-state index is 0.176. The maximum atomic E-state index is 6.80. The topological polar surface area (TPSA) is 0 Å². The fourth-order valence-corrected chi connectivity index (χ4v) is 6.49. The molecule has 2 saturated carbocycles. The summed E-state index contributed by atoms with van der Waals surface area (Å²) in [6, 6.07) is 15.6. The maximum absolute atomic E-state index is 6.80. The summed E-state index contributed by atoms with van der Waals surface area (Å²) in [6.07, 6.45) is 6.82. The summed E-state index contributed by atoms with van der Waals surface area (Å²) in [4.78, 5) is 0. The van der Waals surface area contributed by atoms with E-state index in [-0.39, 0.29) is 5.41 Å². The second-order valence-electron chi connectivity index (χ2n) is 8.09. The second kappa shape index (κ2) is 4.86. The van der Waals surface area contributed by atoms with Crippen LogP contribution in [-0.4, -0.2) is 0 Å². The van der Waals surface area contributed by atoms with E-state index >= 15 is 0 Å². The minimum absolute atomic E-state index is 0.176. The largest absolute Gasteiger partial charge is 0.0840 e. The molecule has 4 atom stereocenters. The van der Waals surface area contributed by atoms with E-state index in [0.29, 0.717) is 0 Å². The molecule has 0 aliphatic heterocycles. The molecule has 3 aliphatic carbocycles. The first-order valence-corrected chi connectivity index (χ1v) is 9.47. The van der Waals surface area contributed by atoms with E-state index in [4.69, 9.17) is 11.6 Å². The first-order valence-electron chi connectivity index (χ1n) is 9.09. The predicted molar refractivity (Wildman–Crippen MR) is 96.9 cm³/mol. The molecule has 0 amide bonds. The van der Waals surface area contributed by atoms with Gasteiger partial charge >= 0.3 is 0 Å². The van der Waals surface area contributed by atoms with E-state index in [0.717, 1.165) is 22.8 Å². The van der Waals surface area contributed by atoms with Crippen LogP contribution >= 0.6 is 11.6 Å². The molecular weight excluding hydrogens is 300 g/mol. The summed E-state index contributed by atoms with van der Waals surface area (Å²) < 4.78 is 0. The Hall–Kier alpha value is -1.27. The number of hydrogen-bond donors (Lipinski definition) is 0. The first kappa shape index (κ1) is 14.1. The number of benzene rings is 2. The number of fused-ring (bicyclic) bond motifs is 8. The van der Waals surface area contributed by atoms with Crippen molar-refractivity contribution in [3.05, 3.63) is 58.6 Å². The Labute approximate surface area is 143 Å². The van der Waals surface area contributed by atoms with Crippen LogP contribution in [0.15, 0.2) is 42.5 Å². The highest BCUT2D eigenvalue weighted by atomic mass is 35.5. The number of hydrogen-bond acceptors (Lipinski definition) is 0. The van der Waals surface area contributed by atoms with Crippen LogP contribution in [-0.2, 0) is 5.41 Å². The van der Waals surface area contributed by atoms with Gasteiger partial charge < -0.3 is 0 Å². The molecule has 2 aromatic carbocycles. The monoisotopic (exact) mass is 322 g/mol. The van der Waals surface area contributed by atoms with Crippen molar-refractivity contribution in [1.82, 2.24) is 0 Å². The zero-order chi connectivity index (χ0) is 15.6. The summed E-state index contributed by atoms with van der Waals surface area (Å²) in [5, 5.41) is 0.982. The molecule has 0 aromatic heterocycles. The Balaban J connectivity index is 1.80. The van der Waals surface area contributed by atoms with Crippen molar-refractivity contribution >= 4 is 11.6 Å².